The molecule has 8 bridgehead atoms. The van der Waals surface area contributed by atoms with Gasteiger partial charge in [-0.1, -0.05) is 298 Å². The van der Waals surface area contributed by atoms with Crippen LogP contribution in [0.15, 0.2) is 377 Å². The first-order valence-corrected chi connectivity index (χ1v) is 46.5. The van der Waals surface area contributed by atoms with Gasteiger partial charge in [0.15, 0.2) is 24.8 Å². The van der Waals surface area contributed by atoms with Crippen LogP contribution in [0.4, 0.5) is 0 Å². The Morgan fingerprint density at radius 2 is 0.466 bits per heavy atom. The second-order valence-electron chi connectivity index (χ2n) is 37.0. The Morgan fingerprint density at radius 3 is 0.794 bits per heavy atom. The zero-order valence-corrected chi connectivity index (χ0v) is 75.6. The topological polar surface area (TPSA) is 15.5 Å². The fourth-order valence-corrected chi connectivity index (χ4v) is 23.2. The molecule has 14 aromatic carbocycles. The van der Waals surface area contributed by atoms with E-state index in [1.807, 2.05) is 232 Å². The van der Waals surface area contributed by atoms with E-state index in [1.54, 1.807) is 0 Å². The molecule has 18 aromatic rings. The minimum absolute atomic E-state index is 0.526. The van der Waals surface area contributed by atoms with Crippen molar-refractivity contribution in [3.63, 3.8) is 0 Å². The molecule has 0 radical (unpaired) electrons. The van der Waals surface area contributed by atoms with Gasteiger partial charge in [-0.15, -0.1) is 0 Å². The van der Waals surface area contributed by atoms with Crippen molar-refractivity contribution in [3.05, 3.63) is 544 Å². The summed E-state index contributed by atoms with van der Waals surface area (Å²) in [5.41, 5.74) is 42.5. The summed E-state index contributed by atoms with van der Waals surface area (Å²) < 4.78 is 97.3. The Morgan fingerprint density at radius 1 is 0.198 bits per heavy atom. The number of benzene rings is 14. The van der Waals surface area contributed by atoms with Crippen molar-refractivity contribution in [2.75, 3.05) is 0 Å². The third-order valence-corrected chi connectivity index (χ3v) is 29.3. The normalized spacial score (nSPS) is 24.0. The molecule has 131 heavy (non-hydrogen) atoms. The fraction of sp³-hybridized carbons (Fsp3) is 0.181. The summed E-state index contributed by atoms with van der Waals surface area (Å²) in [7, 11) is 8.28. The smallest absolute Gasteiger partial charge is 0.201 e. The van der Waals surface area contributed by atoms with Crippen molar-refractivity contribution in [1.29, 1.82) is 0 Å². The monoisotopic (exact) mass is 1700 g/mol. The highest BCUT2D eigenvalue weighted by atomic mass is 14.9. The number of aryl methyl sites for hydroxylation is 9. The van der Waals surface area contributed by atoms with E-state index in [0.29, 0.717) is 0 Å². The van der Waals surface area contributed by atoms with Crippen LogP contribution in [0.2, 0.25) is 0 Å². The predicted molar refractivity (Wildman–Crippen MR) is 532 cm³/mol. The van der Waals surface area contributed by atoms with E-state index in [1.165, 1.54) is 28.7 Å². The predicted octanol–water partition coefficient (Wildman–Crippen LogP) is 27.6. The van der Waals surface area contributed by atoms with Crippen molar-refractivity contribution in [2.45, 2.75) is 120 Å². The molecule has 0 saturated heterocycles. The van der Waals surface area contributed by atoms with E-state index in [2.05, 4.69) is 226 Å². The molecular weight excluding hydrogens is 1580 g/mol. The molecule has 0 amide bonds. The molecule has 4 aromatic heterocycles. The number of hydrogen-bond donors (Lipinski definition) is 0. The molecule has 0 unspecified atom stereocenters. The number of rotatable bonds is 7. The van der Waals surface area contributed by atoms with Crippen LogP contribution >= 0.6 is 0 Å². The van der Waals surface area contributed by atoms with Crippen molar-refractivity contribution in [1.82, 2.24) is 0 Å². The third kappa shape index (κ3) is 13.0. The van der Waals surface area contributed by atoms with E-state index >= 15 is 0 Å². The van der Waals surface area contributed by atoms with Crippen LogP contribution in [0.25, 0.3) is 67.3 Å². The average Bonchev–Trinajstić information content (AvgIpc) is 0.675. The molecule has 0 atom stereocenters. The minimum Gasteiger partial charge on any atom is -0.201 e. The summed E-state index contributed by atoms with van der Waals surface area (Å²) in [5, 5.41) is 0. The number of aromatic nitrogens is 4. The van der Waals surface area contributed by atoms with Gasteiger partial charge in [0.25, 0.3) is 0 Å². The SMILES string of the molecule is [2H]C1(c2cc[n+](C)c(-c3cc4c(cc3C)C3([2H])c5ccccc5C4([2H])c4ccccc43)c2)CCCCC1.[2H]C12c3ccccc3C([2H])(c3ccccc31)c1cc(-c3cc(-c4ccccc4)c(C)c[n+]3C)c(C)cc12.[2H]C12c3ccccc3C([2H])(c3ccccc31)c1cc(-c3cc(-c4ccccc4)cc[n+]3C)c(C)cc12.[2H]C12c3ccccc3C([2H])(c3ccccc31)c1cc(-c3cccc[n+]3C)c(C)cc12. The first-order valence-electron chi connectivity index (χ1n) is 51.0. The van der Waals surface area contributed by atoms with Gasteiger partial charge < -0.3 is 0 Å². The molecule has 0 N–H and O–H groups in total. The Hall–Kier alpha value is -14.3. The second-order valence-corrected chi connectivity index (χ2v) is 37.0. The lowest BCUT2D eigenvalue weighted by Gasteiger charge is -2.42. The van der Waals surface area contributed by atoms with Crippen LogP contribution in [0, 0.1) is 34.6 Å². The van der Waals surface area contributed by atoms with Gasteiger partial charge in [0, 0.05) is 130 Å². The first kappa shape index (κ1) is 70.6. The molecule has 1 fully saturated rings. The van der Waals surface area contributed by atoms with Gasteiger partial charge in [0.1, 0.15) is 28.2 Å². The van der Waals surface area contributed by atoms with Crippen LogP contribution in [-0.4, -0.2) is 0 Å². The van der Waals surface area contributed by atoms with E-state index in [-0.39, 0.29) is 0 Å². The molecule has 0 aliphatic heterocycles. The van der Waals surface area contributed by atoms with Crippen molar-refractivity contribution >= 4 is 0 Å². The number of nitrogens with zero attached hydrogens (tertiary/aromatic N) is 4. The molecule has 4 heteroatoms. The summed E-state index contributed by atoms with van der Waals surface area (Å²) in [6, 6.07) is 120. The summed E-state index contributed by atoms with van der Waals surface area (Å²) in [5.74, 6) is -8.79. The van der Waals surface area contributed by atoms with Gasteiger partial charge in [0.2, 0.25) is 22.8 Å². The zero-order chi connectivity index (χ0) is 96.4. The summed E-state index contributed by atoms with van der Waals surface area (Å²) in [6.45, 7) is 10.7. The van der Waals surface area contributed by atoms with Gasteiger partial charge >= 0.3 is 0 Å². The summed E-state index contributed by atoms with van der Waals surface area (Å²) in [6.07, 6.45) is 13.7. The Labute approximate surface area is 784 Å². The summed E-state index contributed by atoms with van der Waals surface area (Å²) >= 11 is 0. The van der Waals surface area contributed by atoms with Crippen LogP contribution in [0.5, 0.6) is 0 Å². The van der Waals surface area contributed by atoms with Crippen molar-refractivity contribution in [3.8, 4) is 67.3 Å². The van der Waals surface area contributed by atoms with E-state index < -0.39 is 53.0 Å². The van der Waals surface area contributed by atoms with Crippen LogP contribution < -0.4 is 18.3 Å². The largest absolute Gasteiger partial charge is 0.213 e. The standard InChI is InChI=1S/C34H28N.C33H32N.C33H26N.C27H22N/c1-21-17-30-31(34-26-15-9-7-13-24(26)33(30)25-14-8-10-16-27(25)34)18-29(21)32-19-28(22(2)20-35(32)3)23-11-5-4-6-12-23;2*1-21-18-29-30(20-28(21)31-19-23(16-17-34(31)2)22-10-4-3-5-11-22)33-26-14-8-6-12-24(26)32(29)25-13-7-9-15-27(25)33;1-17-15-23-24(16-22(17)25-13-7-8-14-28(25)2)27-20-11-5-3-9-18(20)26(23)19-10-4-6-12-21(19)27/h4-20,33-34H,1-3H3;6-9,12-20,22,32-33H,3-5,10-11H2,1-2H3;3-20,32-33H,1-2H3;3-16,26-27H,1-2H3/q4*+1/i33D,34D;22D,32D,33D;32D,33D;26D,27D. The Kier molecular flexibility index (Phi) is 17.3. The molecule has 4 nitrogen and oxygen atoms in total. The fourth-order valence-electron chi connectivity index (χ4n) is 23.2. The molecule has 13 aliphatic rings. The van der Waals surface area contributed by atoms with Gasteiger partial charge in [-0.05, 0) is 267 Å². The third-order valence-electron chi connectivity index (χ3n) is 29.3. The van der Waals surface area contributed by atoms with E-state index in [9.17, 15) is 12.3 Å². The molecule has 4 heterocycles. The maximum absolute atomic E-state index is 10.0. The lowest BCUT2D eigenvalue weighted by Crippen LogP contribution is -2.32. The summed E-state index contributed by atoms with van der Waals surface area (Å²) in [4.78, 5) is 0. The van der Waals surface area contributed by atoms with Crippen molar-refractivity contribution in [2.24, 2.45) is 28.2 Å². The Bertz CT molecular complexity index is 8080. The van der Waals surface area contributed by atoms with Crippen LogP contribution in [0.3, 0.4) is 0 Å². The number of pyridine rings is 4. The van der Waals surface area contributed by atoms with Crippen LogP contribution in [0.1, 0.15) is 264 Å². The molecule has 0 spiro atoms. The lowest BCUT2D eigenvalue weighted by molar-refractivity contribution is -0.660. The molecule has 13 aliphatic carbocycles. The second kappa shape index (κ2) is 32.1. The van der Waals surface area contributed by atoms with Gasteiger partial charge in [-0.25, -0.2) is 18.3 Å². The quantitative estimate of drug-likeness (QED) is 0.141. The highest BCUT2D eigenvalue weighted by molar-refractivity contribution is 5.81. The first-order chi connectivity index (χ1) is 67.5. The number of hydrogen-bond acceptors (Lipinski definition) is 0. The minimum atomic E-state index is -1.07. The maximum atomic E-state index is 10.0. The van der Waals surface area contributed by atoms with Gasteiger partial charge in [0.05, 0.1) is 0 Å². The van der Waals surface area contributed by atoms with Crippen molar-refractivity contribution < 1.29 is 30.6 Å². The lowest BCUT2D eigenvalue weighted by atomic mass is 9.60. The highest BCUT2D eigenvalue weighted by Gasteiger charge is 2.47. The van der Waals surface area contributed by atoms with Crippen LogP contribution in [-0.2, 0) is 28.2 Å². The Balaban J connectivity index is 0.000000102. The van der Waals surface area contributed by atoms with E-state index in [0.717, 1.165) is 238 Å². The average molecular weight is 1700 g/mol. The maximum Gasteiger partial charge on any atom is 0.213 e. The highest BCUT2D eigenvalue weighted by Crippen LogP contribution is 2.62. The van der Waals surface area contributed by atoms with E-state index in [4.69, 9.17) is 0 Å². The molecule has 31 rings (SSSR count). The molecule has 1 saturated carbocycles. The molecule has 632 valence electrons. The van der Waals surface area contributed by atoms with Gasteiger partial charge in [-0.3, -0.25) is 0 Å². The molecular formula is C127H108N4+4. The zero-order valence-electron chi connectivity index (χ0n) is 84.6. The van der Waals surface area contributed by atoms with Gasteiger partial charge in [-0.2, -0.15) is 0 Å².